The Balaban J connectivity index is 2.04. The zero-order valence-corrected chi connectivity index (χ0v) is 11.4. The molecule has 4 atom stereocenters. The SMILES string of the molecule is N#C[C@]12CCCC[C@@H]1C[C@H]1CCCC[C@]1(C#N)N2N. The van der Waals surface area contributed by atoms with Gasteiger partial charge >= 0.3 is 0 Å². The predicted molar refractivity (Wildman–Crippen MR) is 71.2 cm³/mol. The summed E-state index contributed by atoms with van der Waals surface area (Å²) >= 11 is 0. The first-order valence-corrected chi connectivity index (χ1v) is 7.57. The van der Waals surface area contributed by atoms with Crippen LogP contribution in [0, 0.1) is 34.5 Å². The first kappa shape index (κ1) is 12.9. The Morgan fingerprint density at radius 2 is 1.37 bits per heavy atom. The normalized spacial score (nSPS) is 46.5. The molecule has 4 heteroatoms. The van der Waals surface area contributed by atoms with Crippen LogP contribution in [0.5, 0.6) is 0 Å². The highest BCUT2D eigenvalue weighted by atomic mass is 15.5. The van der Waals surface area contributed by atoms with E-state index in [1.807, 2.05) is 0 Å². The van der Waals surface area contributed by atoms with E-state index in [0.29, 0.717) is 11.8 Å². The molecule has 1 saturated heterocycles. The van der Waals surface area contributed by atoms with Gasteiger partial charge in [-0.3, -0.25) is 5.84 Å². The minimum absolute atomic E-state index is 0.362. The molecule has 3 rings (SSSR count). The van der Waals surface area contributed by atoms with Crippen molar-refractivity contribution in [3.8, 4) is 12.1 Å². The molecule has 102 valence electrons. The number of hydrogen-bond donors (Lipinski definition) is 1. The Bertz CT molecular complexity index is 408. The first-order chi connectivity index (χ1) is 9.19. The van der Waals surface area contributed by atoms with Crippen LogP contribution in [-0.4, -0.2) is 16.1 Å². The highest BCUT2D eigenvalue weighted by Crippen LogP contribution is 2.54. The summed E-state index contributed by atoms with van der Waals surface area (Å²) in [6.07, 6.45) is 9.41. The summed E-state index contributed by atoms with van der Waals surface area (Å²) in [7, 11) is 0. The van der Waals surface area contributed by atoms with Crippen LogP contribution in [-0.2, 0) is 0 Å². The van der Waals surface area contributed by atoms with E-state index in [4.69, 9.17) is 5.84 Å². The summed E-state index contributed by atoms with van der Waals surface area (Å²) in [5, 5.41) is 21.3. The number of fused-ring (bicyclic) bond motifs is 2. The fraction of sp³-hybridized carbons (Fsp3) is 0.867. The van der Waals surface area contributed by atoms with Crippen LogP contribution in [0.4, 0.5) is 0 Å². The average Bonchev–Trinajstić information content (AvgIpc) is 2.48. The largest absolute Gasteiger partial charge is 0.266 e. The number of nitrogens with two attached hydrogens (primary N) is 1. The van der Waals surface area contributed by atoms with E-state index >= 15 is 0 Å². The number of hydrogen-bond acceptors (Lipinski definition) is 4. The third kappa shape index (κ3) is 1.57. The number of piperidine rings is 1. The number of hydrazine groups is 1. The molecule has 0 spiro atoms. The molecule has 4 nitrogen and oxygen atoms in total. The van der Waals surface area contributed by atoms with Crippen molar-refractivity contribution in [3.63, 3.8) is 0 Å². The van der Waals surface area contributed by atoms with E-state index in [2.05, 4.69) is 12.1 Å². The van der Waals surface area contributed by atoms with Crippen molar-refractivity contribution in [2.24, 2.45) is 17.7 Å². The third-order valence-electron chi connectivity index (χ3n) is 5.89. The number of nitrogens with zero attached hydrogens (tertiary/aromatic N) is 3. The van der Waals surface area contributed by atoms with Crippen LogP contribution in [0.1, 0.15) is 57.8 Å². The van der Waals surface area contributed by atoms with Gasteiger partial charge in [0.05, 0.1) is 12.1 Å². The lowest BCUT2D eigenvalue weighted by Gasteiger charge is -2.59. The zero-order chi connectivity index (χ0) is 13.5. The van der Waals surface area contributed by atoms with Crippen LogP contribution >= 0.6 is 0 Å². The first-order valence-electron chi connectivity index (χ1n) is 7.57. The van der Waals surface area contributed by atoms with Crippen molar-refractivity contribution in [3.05, 3.63) is 0 Å². The van der Waals surface area contributed by atoms with Crippen LogP contribution in [0.2, 0.25) is 0 Å². The molecule has 2 aliphatic carbocycles. The topological polar surface area (TPSA) is 76.8 Å². The van der Waals surface area contributed by atoms with Gasteiger partial charge in [0.15, 0.2) is 0 Å². The van der Waals surface area contributed by atoms with Gasteiger partial charge < -0.3 is 0 Å². The van der Waals surface area contributed by atoms with E-state index in [1.165, 1.54) is 12.8 Å². The summed E-state index contributed by atoms with van der Waals surface area (Å²) < 4.78 is 0. The minimum atomic E-state index is -0.582. The second kappa shape index (κ2) is 4.47. The van der Waals surface area contributed by atoms with Gasteiger partial charge in [-0.05, 0) is 43.9 Å². The maximum Gasteiger partial charge on any atom is 0.126 e. The summed E-state index contributed by atoms with van der Waals surface area (Å²) in [6, 6.07) is 5.02. The van der Waals surface area contributed by atoms with Crippen LogP contribution in [0.15, 0.2) is 0 Å². The molecule has 0 aromatic carbocycles. The predicted octanol–water partition coefficient (Wildman–Crippen LogP) is 2.47. The maximum absolute atomic E-state index is 9.77. The quantitative estimate of drug-likeness (QED) is 0.677. The van der Waals surface area contributed by atoms with Gasteiger partial charge in [-0.1, -0.05) is 25.7 Å². The fourth-order valence-electron chi connectivity index (χ4n) is 4.82. The molecule has 0 bridgehead atoms. The van der Waals surface area contributed by atoms with Crippen molar-refractivity contribution in [1.29, 1.82) is 10.5 Å². The monoisotopic (exact) mass is 258 g/mol. The summed E-state index contributed by atoms with van der Waals surface area (Å²) in [5.74, 6) is 7.15. The van der Waals surface area contributed by atoms with Crippen molar-refractivity contribution in [1.82, 2.24) is 5.01 Å². The van der Waals surface area contributed by atoms with Gasteiger partial charge in [0.2, 0.25) is 0 Å². The van der Waals surface area contributed by atoms with Crippen molar-refractivity contribution >= 4 is 0 Å². The van der Waals surface area contributed by atoms with Gasteiger partial charge in [0.1, 0.15) is 11.1 Å². The molecule has 0 radical (unpaired) electrons. The third-order valence-corrected chi connectivity index (χ3v) is 5.89. The number of rotatable bonds is 0. The molecular formula is C15H22N4. The molecule has 3 aliphatic rings. The molecule has 2 N–H and O–H groups in total. The van der Waals surface area contributed by atoms with Crippen molar-refractivity contribution < 1.29 is 0 Å². The van der Waals surface area contributed by atoms with E-state index in [-0.39, 0.29) is 0 Å². The second-order valence-electron chi connectivity index (χ2n) is 6.56. The Labute approximate surface area is 115 Å². The molecule has 0 amide bonds. The van der Waals surface area contributed by atoms with E-state index in [9.17, 15) is 10.5 Å². The minimum Gasteiger partial charge on any atom is -0.266 e. The Hall–Kier alpha value is -1.10. The Kier molecular flexibility index (Phi) is 3.04. The van der Waals surface area contributed by atoms with Crippen molar-refractivity contribution in [2.75, 3.05) is 0 Å². The zero-order valence-electron chi connectivity index (χ0n) is 11.4. The van der Waals surface area contributed by atoms with Gasteiger partial charge in [-0.15, -0.1) is 0 Å². The number of nitriles is 2. The second-order valence-corrected chi connectivity index (χ2v) is 6.56. The molecule has 3 fully saturated rings. The lowest BCUT2D eigenvalue weighted by Crippen LogP contribution is -2.73. The van der Waals surface area contributed by atoms with Crippen LogP contribution in [0.25, 0.3) is 0 Å². The lowest BCUT2D eigenvalue weighted by molar-refractivity contribution is -0.113. The van der Waals surface area contributed by atoms with Crippen LogP contribution < -0.4 is 5.84 Å². The summed E-state index contributed by atoms with van der Waals surface area (Å²) in [4.78, 5) is 0. The van der Waals surface area contributed by atoms with Gasteiger partial charge in [0.25, 0.3) is 0 Å². The van der Waals surface area contributed by atoms with E-state index < -0.39 is 11.1 Å². The molecule has 1 heterocycles. The standard InChI is InChI=1S/C15H22N4/c16-10-14-7-3-1-5-12(14)9-13-6-2-4-8-15(13,11-17)19(14)18/h12-13H,1-9,18H2/t12-,13-,14-,15-/m1/s1. The molecule has 0 aromatic rings. The van der Waals surface area contributed by atoms with E-state index in [0.717, 1.165) is 44.9 Å². The molecule has 2 saturated carbocycles. The van der Waals surface area contributed by atoms with Crippen molar-refractivity contribution in [2.45, 2.75) is 68.9 Å². The average molecular weight is 258 g/mol. The molecule has 19 heavy (non-hydrogen) atoms. The van der Waals surface area contributed by atoms with Gasteiger partial charge in [0, 0.05) is 0 Å². The molecule has 0 aromatic heterocycles. The highest BCUT2D eigenvalue weighted by molar-refractivity contribution is 5.26. The summed E-state index contributed by atoms with van der Waals surface area (Å²) in [6.45, 7) is 0. The summed E-state index contributed by atoms with van der Waals surface area (Å²) in [5.41, 5.74) is -1.16. The lowest BCUT2D eigenvalue weighted by atomic mass is 9.58. The molecular weight excluding hydrogens is 236 g/mol. The Morgan fingerprint density at radius 1 is 0.895 bits per heavy atom. The van der Waals surface area contributed by atoms with E-state index in [1.54, 1.807) is 5.01 Å². The molecule has 1 aliphatic heterocycles. The fourth-order valence-corrected chi connectivity index (χ4v) is 4.82. The van der Waals surface area contributed by atoms with Crippen LogP contribution in [0.3, 0.4) is 0 Å². The molecule has 0 unspecified atom stereocenters. The smallest absolute Gasteiger partial charge is 0.126 e. The maximum atomic E-state index is 9.77. The van der Waals surface area contributed by atoms with Gasteiger partial charge in [-0.2, -0.15) is 10.5 Å². The highest BCUT2D eigenvalue weighted by Gasteiger charge is 2.61. The Morgan fingerprint density at radius 3 is 1.79 bits per heavy atom. The van der Waals surface area contributed by atoms with Gasteiger partial charge in [-0.25, -0.2) is 5.01 Å².